The van der Waals surface area contributed by atoms with Gasteiger partial charge in [0.1, 0.15) is 12.0 Å². The molecule has 3 N–H and O–H groups in total. The Kier molecular flexibility index (Phi) is 4.78. The highest BCUT2D eigenvalue weighted by molar-refractivity contribution is 5.75. The summed E-state index contributed by atoms with van der Waals surface area (Å²) in [5, 5.41) is 3.54. The zero-order valence-electron chi connectivity index (χ0n) is 12.9. The minimum absolute atomic E-state index is 0.521. The first-order chi connectivity index (χ1) is 10.3. The molecule has 0 amide bonds. The van der Waals surface area contributed by atoms with Crippen molar-refractivity contribution in [1.29, 1.82) is 0 Å². The van der Waals surface area contributed by atoms with Crippen LogP contribution in [0.5, 0.6) is 0 Å². The lowest BCUT2D eigenvalue weighted by atomic mass is 9.95. The topological polar surface area (TPSA) is 67.1 Å². The van der Waals surface area contributed by atoms with E-state index in [-0.39, 0.29) is 0 Å². The van der Waals surface area contributed by atoms with Crippen LogP contribution < -0.4 is 16.0 Å². The fourth-order valence-electron chi connectivity index (χ4n) is 3.48. The van der Waals surface area contributed by atoms with Crippen LogP contribution in [0.4, 0.5) is 17.3 Å². The molecule has 116 valence electrons. The number of nitrogens with one attached hydrogen (secondary N) is 1. The maximum atomic E-state index is 6.35. The first-order valence-electron chi connectivity index (χ1n) is 8.46. The Morgan fingerprint density at radius 1 is 0.952 bits per heavy atom. The molecule has 3 rings (SSSR count). The van der Waals surface area contributed by atoms with Crippen molar-refractivity contribution in [3.63, 3.8) is 0 Å². The second kappa shape index (κ2) is 6.96. The molecule has 1 saturated heterocycles. The van der Waals surface area contributed by atoms with Crippen molar-refractivity contribution in [2.75, 3.05) is 29.0 Å². The summed E-state index contributed by atoms with van der Waals surface area (Å²) in [7, 11) is 0. The Labute approximate surface area is 127 Å². The summed E-state index contributed by atoms with van der Waals surface area (Å²) in [6.07, 6.45) is 13.2. The van der Waals surface area contributed by atoms with E-state index in [1.54, 1.807) is 6.33 Å². The van der Waals surface area contributed by atoms with E-state index in [1.165, 1.54) is 57.8 Å². The molecule has 0 unspecified atom stereocenters. The van der Waals surface area contributed by atoms with E-state index in [4.69, 9.17) is 5.73 Å². The van der Waals surface area contributed by atoms with Crippen LogP contribution in [-0.2, 0) is 0 Å². The average molecular weight is 289 g/mol. The van der Waals surface area contributed by atoms with E-state index in [0.29, 0.717) is 6.04 Å². The molecule has 0 atom stereocenters. The van der Waals surface area contributed by atoms with Crippen molar-refractivity contribution in [1.82, 2.24) is 9.97 Å². The van der Waals surface area contributed by atoms with E-state index in [0.717, 1.165) is 30.4 Å². The second-order valence-corrected chi connectivity index (χ2v) is 6.34. The highest BCUT2D eigenvalue weighted by atomic mass is 15.2. The van der Waals surface area contributed by atoms with Crippen molar-refractivity contribution in [3.05, 3.63) is 6.33 Å². The molecular weight excluding hydrogens is 262 g/mol. The van der Waals surface area contributed by atoms with Crippen molar-refractivity contribution < 1.29 is 0 Å². The SMILES string of the molecule is Nc1c(NC2CCCCC2)ncnc1N1CCCCCC1. The summed E-state index contributed by atoms with van der Waals surface area (Å²) in [5.74, 6) is 1.75. The second-order valence-electron chi connectivity index (χ2n) is 6.34. The first-order valence-corrected chi connectivity index (χ1v) is 8.46. The Balaban J connectivity index is 1.74. The van der Waals surface area contributed by atoms with Gasteiger partial charge in [0.2, 0.25) is 0 Å². The predicted molar refractivity (Wildman–Crippen MR) is 87.6 cm³/mol. The van der Waals surface area contributed by atoms with E-state index in [2.05, 4.69) is 20.2 Å². The molecule has 2 aliphatic rings. The smallest absolute Gasteiger partial charge is 0.157 e. The monoisotopic (exact) mass is 289 g/mol. The Morgan fingerprint density at radius 2 is 1.62 bits per heavy atom. The van der Waals surface area contributed by atoms with Crippen LogP contribution in [0.15, 0.2) is 6.33 Å². The Bertz CT molecular complexity index is 448. The van der Waals surface area contributed by atoms with Gasteiger partial charge in [0.15, 0.2) is 11.6 Å². The lowest BCUT2D eigenvalue weighted by Crippen LogP contribution is -2.28. The molecule has 5 heteroatoms. The summed E-state index contributed by atoms with van der Waals surface area (Å²) >= 11 is 0. The normalized spacial score (nSPS) is 21.0. The van der Waals surface area contributed by atoms with Gasteiger partial charge >= 0.3 is 0 Å². The summed E-state index contributed by atoms with van der Waals surface area (Å²) < 4.78 is 0. The third-order valence-electron chi connectivity index (χ3n) is 4.71. The Hall–Kier alpha value is -1.52. The van der Waals surface area contributed by atoms with E-state index in [1.807, 2.05) is 0 Å². The summed E-state index contributed by atoms with van der Waals surface area (Å²) in [6.45, 7) is 2.12. The number of hydrogen-bond acceptors (Lipinski definition) is 5. The third kappa shape index (κ3) is 3.57. The molecule has 21 heavy (non-hydrogen) atoms. The molecule has 1 aliphatic carbocycles. The Morgan fingerprint density at radius 3 is 2.33 bits per heavy atom. The number of rotatable bonds is 3. The van der Waals surface area contributed by atoms with E-state index >= 15 is 0 Å². The van der Waals surface area contributed by atoms with Gasteiger partial charge in [-0.25, -0.2) is 9.97 Å². The van der Waals surface area contributed by atoms with Crippen molar-refractivity contribution in [2.45, 2.75) is 63.8 Å². The van der Waals surface area contributed by atoms with Crippen LogP contribution >= 0.6 is 0 Å². The van der Waals surface area contributed by atoms with Crippen LogP contribution in [0.3, 0.4) is 0 Å². The molecule has 1 saturated carbocycles. The number of hydrogen-bond donors (Lipinski definition) is 2. The first kappa shape index (κ1) is 14.4. The molecule has 0 bridgehead atoms. The molecule has 2 heterocycles. The number of aromatic nitrogens is 2. The standard InChI is InChI=1S/C16H27N5/c17-14-15(20-13-8-4-3-5-9-13)18-12-19-16(14)21-10-6-1-2-7-11-21/h12-13H,1-11,17H2,(H,18,19,20). The van der Waals surface area contributed by atoms with Crippen molar-refractivity contribution in [2.24, 2.45) is 0 Å². The predicted octanol–water partition coefficient (Wildman–Crippen LogP) is 3.18. The molecule has 1 aliphatic heterocycles. The lowest BCUT2D eigenvalue weighted by Gasteiger charge is -2.26. The van der Waals surface area contributed by atoms with Gasteiger partial charge in [-0.3, -0.25) is 0 Å². The van der Waals surface area contributed by atoms with Crippen LogP contribution in [-0.4, -0.2) is 29.1 Å². The minimum Gasteiger partial charge on any atom is -0.393 e. The number of anilines is 3. The number of nitrogen functional groups attached to an aromatic ring is 1. The summed E-state index contributed by atoms with van der Waals surface area (Å²) in [5.41, 5.74) is 7.08. The van der Waals surface area contributed by atoms with Crippen LogP contribution in [0, 0.1) is 0 Å². The van der Waals surface area contributed by atoms with Gasteiger partial charge in [0.25, 0.3) is 0 Å². The van der Waals surface area contributed by atoms with Crippen LogP contribution in [0.2, 0.25) is 0 Å². The number of nitrogens with two attached hydrogens (primary N) is 1. The molecule has 0 aromatic carbocycles. The maximum Gasteiger partial charge on any atom is 0.157 e. The van der Waals surface area contributed by atoms with Crippen molar-refractivity contribution in [3.8, 4) is 0 Å². The van der Waals surface area contributed by atoms with Gasteiger partial charge < -0.3 is 16.0 Å². The average Bonchev–Trinajstić information content (AvgIpc) is 2.80. The van der Waals surface area contributed by atoms with E-state index < -0.39 is 0 Å². The summed E-state index contributed by atoms with van der Waals surface area (Å²) in [4.78, 5) is 11.2. The maximum absolute atomic E-state index is 6.35. The van der Waals surface area contributed by atoms with Gasteiger partial charge in [0, 0.05) is 19.1 Å². The number of nitrogens with zero attached hydrogens (tertiary/aromatic N) is 3. The summed E-state index contributed by atoms with van der Waals surface area (Å²) in [6, 6.07) is 0.521. The molecule has 0 radical (unpaired) electrons. The lowest BCUT2D eigenvalue weighted by molar-refractivity contribution is 0.462. The third-order valence-corrected chi connectivity index (χ3v) is 4.71. The molecule has 1 aromatic heterocycles. The highest BCUT2D eigenvalue weighted by Crippen LogP contribution is 2.30. The quantitative estimate of drug-likeness (QED) is 0.894. The zero-order chi connectivity index (χ0) is 14.5. The largest absolute Gasteiger partial charge is 0.393 e. The molecule has 2 fully saturated rings. The highest BCUT2D eigenvalue weighted by Gasteiger charge is 2.19. The van der Waals surface area contributed by atoms with Crippen LogP contribution in [0.25, 0.3) is 0 Å². The van der Waals surface area contributed by atoms with E-state index in [9.17, 15) is 0 Å². The van der Waals surface area contributed by atoms with Gasteiger partial charge in [-0.05, 0) is 25.7 Å². The van der Waals surface area contributed by atoms with Gasteiger partial charge in [-0.15, -0.1) is 0 Å². The fraction of sp³-hybridized carbons (Fsp3) is 0.750. The van der Waals surface area contributed by atoms with Gasteiger partial charge in [-0.1, -0.05) is 32.1 Å². The fourth-order valence-corrected chi connectivity index (χ4v) is 3.48. The van der Waals surface area contributed by atoms with Gasteiger partial charge in [-0.2, -0.15) is 0 Å². The molecule has 5 nitrogen and oxygen atoms in total. The molecule has 1 aromatic rings. The zero-order valence-corrected chi connectivity index (χ0v) is 12.9. The van der Waals surface area contributed by atoms with Crippen molar-refractivity contribution >= 4 is 17.3 Å². The minimum atomic E-state index is 0.521. The molecular formula is C16H27N5. The van der Waals surface area contributed by atoms with Crippen LogP contribution in [0.1, 0.15) is 57.8 Å². The van der Waals surface area contributed by atoms with Gasteiger partial charge in [0.05, 0.1) is 0 Å². The molecule has 0 spiro atoms.